The molecule has 1 aliphatic rings. The molecule has 0 aliphatic carbocycles. The minimum absolute atomic E-state index is 0.0135. The van der Waals surface area contributed by atoms with E-state index in [2.05, 4.69) is 22.1 Å². The zero-order valence-corrected chi connectivity index (χ0v) is 26.5. The van der Waals surface area contributed by atoms with Gasteiger partial charge in [0.1, 0.15) is 5.75 Å². The van der Waals surface area contributed by atoms with Crippen molar-refractivity contribution in [2.24, 2.45) is 0 Å². The Balaban J connectivity index is 1.49. The first kappa shape index (κ1) is 30.2. The van der Waals surface area contributed by atoms with Gasteiger partial charge in [0.05, 0.1) is 33.8 Å². The molecule has 12 heteroatoms. The number of carbonyl (C=O) groups excluding carboxylic acids is 2. The molecule has 4 aromatic rings. The van der Waals surface area contributed by atoms with E-state index in [0.717, 1.165) is 29.8 Å². The summed E-state index contributed by atoms with van der Waals surface area (Å²) in [7, 11) is 0. The number of hydrogen-bond donors (Lipinski definition) is 1. The number of ketones is 1. The quantitative estimate of drug-likeness (QED) is 0.0721. The topological polar surface area (TPSA) is 106 Å². The lowest BCUT2D eigenvalue weighted by Gasteiger charge is -2.24. The van der Waals surface area contributed by atoms with Crippen LogP contribution in [0.3, 0.4) is 0 Å². The van der Waals surface area contributed by atoms with Crippen molar-refractivity contribution < 1.29 is 19.4 Å². The van der Waals surface area contributed by atoms with Crippen LogP contribution in [0.2, 0.25) is 5.02 Å². The number of aliphatic hydroxyl groups excluding tert-OH is 1. The van der Waals surface area contributed by atoms with Crippen LogP contribution in [0.1, 0.15) is 63.7 Å². The van der Waals surface area contributed by atoms with E-state index < -0.39 is 23.5 Å². The minimum Gasteiger partial charge on any atom is -0.503 e. The van der Waals surface area contributed by atoms with Crippen molar-refractivity contribution in [1.29, 1.82) is 0 Å². The fraction of sp³-hybridized carbons (Fsp3) is 0.300. The Kier molecular flexibility index (Phi) is 9.62. The van der Waals surface area contributed by atoms with Gasteiger partial charge < -0.3 is 9.84 Å². The number of aryl methyl sites for hydroxylation is 2. The Morgan fingerprint density at radius 3 is 2.62 bits per heavy atom. The first-order valence-corrected chi connectivity index (χ1v) is 16.5. The Bertz CT molecular complexity index is 1630. The molecule has 0 bridgehead atoms. The molecule has 0 spiro atoms. The molecule has 1 amide bonds. The third-order valence-corrected chi connectivity index (χ3v) is 10.1. The van der Waals surface area contributed by atoms with Gasteiger partial charge in [0.2, 0.25) is 10.9 Å². The number of rotatable bonds is 12. The van der Waals surface area contributed by atoms with Crippen LogP contribution in [0.25, 0.3) is 0 Å². The van der Waals surface area contributed by atoms with Crippen molar-refractivity contribution >= 4 is 62.9 Å². The van der Waals surface area contributed by atoms with Gasteiger partial charge >= 0.3 is 0 Å². The van der Waals surface area contributed by atoms with E-state index in [1.807, 2.05) is 55.5 Å². The number of unbranched alkanes of at least 4 members (excludes halogenated alkanes) is 2. The van der Waals surface area contributed by atoms with Gasteiger partial charge in [-0.15, -0.1) is 21.5 Å². The molecule has 5 rings (SSSR count). The lowest BCUT2D eigenvalue weighted by atomic mass is 9.95. The molecule has 0 fully saturated rings. The Morgan fingerprint density at radius 2 is 1.90 bits per heavy atom. The van der Waals surface area contributed by atoms with Gasteiger partial charge in [-0.2, -0.15) is 0 Å². The highest BCUT2D eigenvalue weighted by atomic mass is 35.5. The molecule has 1 aliphatic heterocycles. The van der Waals surface area contributed by atoms with Crippen LogP contribution in [-0.4, -0.2) is 38.6 Å². The van der Waals surface area contributed by atoms with Crippen molar-refractivity contribution in [3.8, 4) is 5.75 Å². The molecular weight excluding hydrogens is 612 g/mol. The number of halogens is 1. The maximum atomic E-state index is 13.9. The van der Waals surface area contributed by atoms with Gasteiger partial charge in [-0.25, -0.2) is 4.98 Å². The second-order valence-corrected chi connectivity index (χ2v) is 13.5. The normalized spacial score (nSPS) is 15.1. The molecular formula is C30H29ClN4O4S3. The largest absolute Gasteiger partial charge is 0.503 e. The lowest BCUT2D eigenvalue weighted by Crippen LogP contribution is -2.31. The molecule has 3 heterocycles. The van der Waals surface area contributed by atoms with Gasteiger partial charge in [-0.1, -0.05) is 78.7 Å². The van der Waals surface area contributed by atoms with Gasteiger partial charge in [-0.05, 0) is 55.7 Å². The number of anilines is 1. The predicted molar refractivity (Wildman–Crippen MR) is 168 cm³/mol. The molecule has 218 valence electrons. The summed E-state index contributed by atoms with van der Waals surface area (Å²) < 4.78 is 6.63. The molecule has 2 aromatic carbocycles. The monoisotopic (exact) mass is 640 g/mol. The van der Waals surface area contributed by atoms with Crippen LogP contribution < -0.4 is 9.64 Å². The second-order valence-electron chi connectivity index (χ2n) is 9.71. The highest BCUT2D eigenvalue weighted by Crippen LogP contribution is 2.45. The first-order chi connectivity index (χ1) is 20.3. The summed E-state index contributed by atoms with van der Waals surface area (Å²) >= 11 is 9.94. The summed E-state index contributed by atoms with van der Waals surface area (Å²) in [6.45, 7) is 6.25. The smallest absolute Gasteiger partial charge is 0.296 e. The van der Waals surface area contributed by atoms with Gasteiger partial charge in [0.15, 0.2) is 10.1 Å². The highest BCUT2D eigenvalue weighted by Gasteiger charge is 2.46. The number of hydrogen-bond acceptors (Lipinski definition) is 10. The Labute approximate surface area is 261 Å². The third-order valence-electron chi connectivity index (χ3n) is 6.63. The molecule has 0 saturated carbocycles. The summed E-state index contributed by atoms with van der Waals surface area (Å²) in [6, 6.07) is 13.9. The number of nitrogens with zero attached hydrogens (tertiary/aromatic N) is 4. The first-order valence-electron chi connectivity index (χ1n) is 13.5. The van der Waals surface area contributed by atoms with Gasteiger partial charge in [-0.3, -0.25) is 14.5 Å². The standard InChI is InChI=1S/C30H29ClN4O4S3/c1-4-5-6-14-39-22-9-7-8-20(15-22)24-23(25(36)27-17(2)32-18(3)41-27)26(37)28(38)35(24)29-33-34-30(42-29)40-16-19-10-12-21(31)13-11-19/h7-13,15,24,37H,4-6,14,16H2,1-3H3. The molecule has 1 unspecified atom stereocenters. The summed E-state index contributed by atoms with van der Waals surface area (Å²) in [4.78, 5) is 33.7. The molecule has 8 nitrogen and oxygen atoms in total. The van der Waals surface area contributed by atoms with Crippen LogP contribution >= 0.6 is 46.0 Å². The Morgan fingerprint density at radius 1 is 1.12 bits per heavy atom. The summed E-state index contributed by atoms with van der Waals surface area (Å²) in [6.07, 6.45) is 3.06. The van der Waals surface area contributed by atoms with E-state index in [9.17, 15) is 14.7 Å². The number of Topliss-reactive ketones (excluding diaryl/α,β-unsaturated/α-hetero) is 1. The van der Waals surface area contributed by atoms with Crippen molar-refractivity contribution in [2.45, 2.75) is 56.2 Å². The maximum absolute atomic E-state index is 13.9. The predicted octanol–water partition coefficient (Wildman–Crippen LogP) is 7.91. The highest BCUT2D eigenvalue weighted by molar-refractivity contribution is 8.00. The molecule has 42 heavy (non-hydrogen) atoms. The van der Waals surface area contributed by atoms with Crippen molar-refractivity contribution in [3.63, 3.8) is 0 Å². The van der Waals surface area contributed by atoms with Crippen LogP contribution in [0.4, 0.5) is 5.13 Å². The van der Waals surface area contributed by atoms with E-state index in [1.54, 1.807) is 6.92 Å². The average Bonchev–Trinajstić information content (AvgIpc) is 3.66. The van der Waals surface area contributed by atoms with E-state index in [4.69, 9.17) is 16.3 Å². The number of amides is 1. The lowest BCUT2D eigenvalue weighted by molar-refractivity contribution is -0.117. The van der Waals surface area contributed by atoms with Crippen LogP contribution in [0, 0.1) is 13.8 Å². The number of aromatic nitrogens is 3. The van der Waals surface area contributed by atoms with Crippen LogP contribution in [0.5, 0.6) is 5.75 Å². The zero-order chi connectivity index (χ0) is 29.8. The van der Waals surface area contributed by atoms with Gasteiger partial charge in [0, 0.05) is 10.8 Å². The molecule has 1 N–H and O–H groups in total. The average molecular weight is 641 g/mol. The zero-order valence-electron chi connectivity index (χ0n) is 23.3. The summed E-state index contributed by atoms with van der Waals surface area (Å²) in [5, 5.41) is 21.4. The van der Waals surface area contributed by atoms with E-state index in [0.29, 0.717) is 43.6 Å². The number of aliphatic hydroxyl groups is 1. The number of thiazole rings is 1. The Hall–Kier alpha value is -3.25. The van der Waals surface area contributed by atoms with E-state index >= 15 is 0 Å². The van der Waals surface area contributed by atoms with E-state index in [1.165, 1.54) is 39.3 Å². The van der Waals surface area contributed by atoms with Crippen molar-refractivity contribution in [1.82, 2.24) is 15.2 Å². The minimum atomic E-state index is -0.923. The maximum Gasteiger partial charge on any atom is 0.296 e. The van der Waals surface area contributed by atoms with Crippen LogP contribution in [-0.2, 0) is 10.5 Å². The number of benzene rings is 2. The van der Waals surface area contributed by atoms with Crippen molar-refractivity contribution in [3.05, 3.63) is 91.6 Å². The number of carbonyl (C=O) groups is 2. The number of thioether (sulfide) groups is 1. The fourth-order valence-corrected chi connectivity index (χ4v) is 7.44. The summed E-state index contributed by atoms with van der Waals surface area (Å²) in [5.41, 5.74) is 2.22. The summed E-state index contributed by atoms with van der Waals surface area (Å²) in [5.74, 6) is -0.488. The van der Waals surface area contributed by atoms with Gasteiger partial charge in [0.25, 0.3) is 5.91 Å². The molecule has 0 radical (unpaired) electrons. The second kappa shape index (κ2) is 13.4. The number of ether oxygens (including phenoxy) is 1. The molecule has 0 saturated heterocycles. The van der Waals surface area contributed by atoms with Crippen molar-refractivity contribution in [2.75, 3.05) is 11.5 Å². The SMILES string of the molecule is CCCCCOc1cccc(C2C(C(=O)c3sc(C)nc3C)=C(O)C(=O)N2c2nnc(SCc3ccc(Cl)cc3)s2)c1. The van der Waals surface area contributed by atoms with Crippen LogP contribution in [0.15, 0.2) is 64.2 Å². The molecule has 1 atom stereocenters. The van der Waals surface area contributed by atoms with E-state index in [-0.39, 0.29) is 10.7 Å². The fourth-order valence-electron chi connectivity index (χ4n) is 4.61. The third kappa shape index (κ3) is 6.54. The molecule has 2 aromatic heterocycles.